The van der Waals surface area contributed by atoms with Gasteiger partial charge in [-0.1, -0.05) is 89.7 Å². The van der Waals surface area contributed by atoms with Gasteiger partial charge in [-0.25, -0.2) is 8.42 Å². The van der Waals surface area contributed by atoms with Gasteiger partial charge >= 0.3 is 0 Å². The van der Waals surface area contributed by atoms with Crippen molar-refractivity contribution in [1.82, 2.24) is 10.2 Å². The van der Waals surface area contributed by atoms with Crippen molar-refractivity contribution in [2.75, 3.05) is 9.62 Å². The van der Waals surface area contributed by atoms with Gasteiger partial charge in [0.05, 0.1) is 17.1 Å². The molecule has 0 aliphatic carbocycles. The van der Waals surface area contributed by atoms with E-state index < -0.39 is 10.0 Å². The first-order chi connectivity index (χ1) is 18.4. The largest absolute Gasteiger partial charge is 0.296 e. The van der Waals surface area contributed by atoms with Gasteiger partial charge in [-0.15, -0.1) is 10.2 Å². The molecule has 0 aliphatic rings. The highest BCUT2D eigenvalue weighted by molar-refractivity contribution is 7.92. The zero-order valence-electron chi connectivity index (χ0n) is 20.5. The van der Waals surface area contributed by atoms with Crippen LogP contribution in [0.5, 0.6) is 0 Å². The number of benzene rings is 4. The normalized spacial score (nSPS) is 11.2. The van der Waals surface area contributed by atoms with Crippen molar-refractivity contribution in [2.24, 2.45) is 0 Å². The summed E-state index contributed by atoms with van der Waals surface area (Å²) in [4.78, 5) is 13.0. The van der Waals surface area contributed by atoms with E-state index in [0.29, 0.717) is 16.4 Å². The summed E-state index contributed by atoms with van der Waals surface area (Å²) in [6.07, 6.45) is 0. The quantitative estimate of drug-likeness (QED) is 0.254. The molecular formula is C29H24N4O3S2. The number of hydrogen-bond acceptors (Lipinski definition) is 6. The summed E-state index contributed by atoms with van der Waals surface area (Å²) in [6, 6.07) is 32.1. The van der Waals surface area contributed by atoms with Crippen LogP contribution in [0.4, 0.5) is 10.8 Å². The maximum absolute atomic E-state index is 13.5. The standard InChI is InChI=1S/C29H24N4O3S2/c1-21-12-16-24(17-13-21)28-31-32-29(37-28)30-27(34)23-18-14-22(15-19-23)20-33(25-8-4-2-5-9-25)38(35,36)26-10-6-3-7-11-26/h2-19H,20H2,1H3,(H,30,32,34). The minimum atomic E-state index is -3.80. The minimum absolute atomic E-state index is 0.111. The number of aryl methyl sites for hydroxylation is 1. The lowest BCUT2D eigenvalue weighted by molar-refractivity contribution is 0.102. The minimum Gasteiger partial charge on any atom is -0.296 e. The Hall–Kier alpha value is -4.34. The fraction of sp³-hybridized carbons (Fsp3) is 0.0690. The summed E-state index contributed by atoms with van der Waals surface area (Å²) >= 11 is 1.30. The Morgan fingerprint density at radius 3 is 2.11 bits per heavy atom. The molecule has 0 spiro atoms. The van der Waals surface area contributed by atoms with E-state index in [4.69, 9.17) is 0 Å². The molecule has 4 aromatic carbocycles. The van der Waals surface area contributed by atoms with Crippen LogP contribution in [-0.4, -0.2) is 24.5 Å². The number of carbonyl (C=O) groups excluding carboxylic acids is 1. The Kier molecular flexibility index (Phi) is 7.30. The van der Waals surface area contributed by atoms with Gasteiger partial charge in [-0.3, -0.25) is 14.4 Å². The molecule has 0 fully saturated rings. The summed E-state index contributed by atoms with van der Waals surface area (Å²) in [5.41, 5.74) is 3.81. The molecule has 1 aromatic heterocycles. The molecule has 5 rings (SSSR count). The van der Waals surface area contributed by atoms with E-state index in [1.54, 1.807) is 78.9 Å². The lowest BCUT2D eigenvalue weighted by Gasteiger charge is -2.24. The van der Waals surface area contributed by atoms with Gasteiger partial charge in [0.25, 0.3) is 15.9 Å². The summed E-state index contributed by atoms with van der Waals surface area (Å²) in [5.74, 6) is -0.319. The highest BCUT2D eigenvalue weighted by Gasteiger charge is 2.25. The lowest BCUT2D eigenvalue weighted by atomic mass is 10.1. The number of nitrogens with one attached hydrogen (secondary N) is 1. The first-order valence-electron chi connectivity index (χ1n) is 11.8. The van der Waals surface area contributed by atoms with Crippen LogP contribution >= 0.6 is 11.3 Å². The molecule has 5 aromatic rings. The maximum atomic E-state index is 13.5. The fourth-order valence-electron chi connectivity index (χ4n) is 3.81. The van der Waals surface area contributed by atoms with Crippen LogP contribution < -0.4 is 9.62 Å². The predicted molar refractivity (Wildman–Crippen MR) is 151 cm³/mol. The van der Waals surface area contributed by atoms with Crippen LogP contribution in [0.15, 0.2) is 114 Å². The molecule has 0 aliphatic heterocycles. The van der Waals surface area contributed by atoms with Crippen molar-refractivity contribution in [3.63, 3.8) is 0 Å². The Balaban J connectivity index is 1.32. The first-order valence-corrected chi connectivity index (χ1v) is 14.1. The molecule has 38 heavy (non-hydrogen) atoms. The lowest BCUT2D eigenvalue weighted by Crippen LogP contribution is -2.30. The van der Waals surface area contributed by atoms with Gasteiger partial charge in [-0.2, -0.15) is 0 Å². The zero-order valence-corrected chi connectivity index (χ0v) is 22.1. The van der Waals surface area contributed by atoms with Crippen molar-refractivity contribution >= 4 is 38.1 Å². The van der Waals surface area contributed by atoms with Gasteiger partial charge < -0.3 is 0 Å². The number of amides is 1. The molecule has 1 heterocycles. The number of nitrogens with zero attached hydrogens (tertiary/aromatic N) is 3. The number of para-hydroxylation sites is 1. The predicted octanol–water partition coefficient (Wildman–Crippen LogP) is 6.16. The molecule has 0 radical (unpaired) electrons. The van der Waals surface area contributed by atoms with Gasteiger partial charge in [0.15, 0.2) is 0 Å². The second-order valence-corrected chi connectivity index (χ2v) is 11.4. The second-order valence-electron chi connectivity index (χ2n) is 8.59. The molecule has 1 amide bonds. The maximum Gasteiger partial charge on any atom is 0.264 e. The van der Waals surface area contributed by atoms with Crippen LogP contribution in [0, 0.1) is 6.92 Å². The van der Waals surface area contributed by atoms with E-state index >= 15 is 0 Å². The molecule has 0 bridgehead atoms. The summed E-state index contributed by atoms with van der Waals surface area (Å²) in [6.45, 7) is 2.13. The molecule has 0 saturated carbocycles. The van der Waals surface area contributed by atoms with Gasteiger partial charge in [-0.05, 0) is 48.9 Å². The molecule has 1 N–H and O–H groups in total. The Morgan fingerprint density at radius 1 is 0.816 bits per heavy atom. The van der Waals surface area contributed by atoms with Crippen LogP contribution in [0.1, 0.15) is 21.5 Å². The number of carbonyl (C=O) groups is 1. The summed E-state index contributed by atoms with van der Waals surface area (Å²) < 4.78 is 28.3. The fourth-order valence-corrected chi connectivity index (χ4v) is 6.03. The van der Waals surface area contributed by atoms with E-state index in [9.17, 15) is 13.2 Å². The van der Waals surface area contributed by atoms with E-state index in [2.05, 4.69) is 15.5 Å². The highest BCUT2D eigenvalue weighted by atomic mass is 32.2. The van der Waals surface area contributed by atoms with Gasteiger partial charge in [0.2, 0.25) is 5.13 Å². The Bertz CT molecular complexity index is 1640. The zero-order chi connectivity index (χ0) is 26.5. The smallest absolute Gasteiger partial charge is 0.264 e. The van der Waals surface area contributed by atoms with Crippen molar-refractivity contribution in [3.05, 3.63) is 126 Å². The van der Waals surface area contributed by atoms with Crippen LogP contribution in [-0.2, 0) is 16.6 Å². The molecule has 9 heteroatoms. The van der Waals surface area contributed by atoms with Crippen molar-refractivity contribution in [3.8, 4) is 10.6 Å². The molecule has 0 saturated heterocycles. The SMILES string of the molecule is Cc1ccc(-c2nnc(NC(=O)c3ccc(CN(c4ccccc4)S(=O)(=O)c4ccccc4)cc3)s2)cc1. The van der Waals surface area contributed by atoms with Crippen molar-refractivity contribution in [2.45, 2.75) is 18.4 Å². The average Bonchev–Trinajstić information content (AvgIpc) is 3.41. The Morgan fingerprint density at radius 2 is 1.45 bits per heavy atom. The molecular weight excluding hydrogens is 516 g/mol. The van der Waals surface area contributed by atoms with Crippen molar-refractivity contribution in [1.29, 1.82) is 0 Å². The van der Waals surface area contributed by atoms with E-state index in [0.717, 1.165) is 21.7 Å². The monoisotopic (exact) mass is 540 g/mol. The summed E-state index contributed by atoms with van der Waals surface area (Å²) in [7, 11) is -3.80. The number of aromatic nitrogens is 2. The average molecular weight is 541 g/mol. The number of rotatable bonds is 8. The number of sulfonamides is 1. The van der Waals surface area contributed by atoms with E-state index in [1.807, 2.05) is 37.3 Å². The van der Waals surface area contributed by atoms with Gasteiger partial charge in [0.1, 0.15) is 5.01 Å². The first kappa shape index (κ1) is 25.3. The Labute approximate surface area is 225 Å². The third kappa shape index (κ3) is 5.64. The van der Waals surface area contributed by atoms with Crippen LogP contribution in [0.3, 0.4) is 0 Å². The van der Waals surface area contributed by atoms with Crippen molar-refractivity contribution < 1.29 is 13.2 Å². The van der Waals surface area contributed by atoms with Gasteiger partial charge in [0, 0.05) is 11.1 Å². The highest BCUT2D eigenvalue weighted by Crippen LogP contribution is 2.28. The molecule has 7 nitrogen and oxygen atoms in total. The second kappa shape index (κ2) is 11.0. The van der Waals surface area contributed by atoms with Crippen LogP contribution in [0.2, 0.25) is 0 Å². The van der Waals surface area contributed by atoms with E-state index in [1.165, 1.54) is 15.6 Å². The van der Waals surface area contributed by atoms with Crippen LogP contribution in [0.25, 0.3) is 10.6 Å². The number of anilines is 2. The topological polar surface area (TPSA) is 92.3 Å². The summed E-state index contributed by atoms with van der Waals surface area (Å²) in [5, 5.41) is 12.2. The number of hydrogen-bond donors (Lipinski definition) is 1. The molecule has 190 valence electrons. The third-order valence-electron chi connectivity index (χ3n) is 5.86. The molecule has 0 unspecified atom stereocenters. The third-order valence-corrected chi connectivity index (χ3v) is 8.54. The molecule has 0 atom stereocenters. The van der Waals surface area contributed by atoms with E-state index in [-0.39, 0.29) is 17.3 Å².